The first-order chi connectivity index (χ1) is 5.22. The fourth-order valence-corrected chi connectivity index (χ4v) is 0.800. The van der Waals surface area contributed by atoms with Gasteiger partial charge < -0.3 is 10.8 Å². The molecule has 0 aliphatic heterocycles. The molecule has 0 heterocycles. The molecule has 0 aromatic heterocycles. The molecule has 66 valence electrons. The second-order valence-corrected chi connectivity index (χ2v) is 2.22. The summed E-state index contributed by atoms with van der Waals surface area (Å²) in [6.07, 6.45) is -1.18. The van der Waals surface area contributed by atoms with E-state index in [-0.39, 0.29) is 12.4 Å². The fourth-order valence-electron chi connectivity index (χ4n) is 0.800. The molecule has 0 radical (unpaired) electrons. The Bertz CT molecular complexity index is 250. The van der Waals surface area contributed by atoms with E-state index in [0.717, 1.165) is 0 Å². The summed E-state index contributed by atoms with van der Waals surface area (Å²) >= 11 is 0. The van der Waals surface area contributed by atoms with Crippen molar-refractivity contribution < 1.29 is 9.90 Å². The van der Waals surface area contributed by atoms with Crippen molar-refractivity contribution in [3.8, 4) is 0 Å². The van der Waals surface area contributed by atoms with E-state index in [0.29, 0.717) is 5.56 Å². The lowest BCUT2D eigenvalue weighted by Crippen LogP contribution is -2.20. The first kappa shape index (κ1) is 10.9. The average Bonchev–Trinajstić information content (AvgIpc) is 2.05. The van der Waals surface area contributed by atoms with Crippen molar-refractivity contribution >= 4 is 18.3 Å². The normalized spacial score (nSPS) is 11.4. The summed E-state index contributed by atoms with van der Waals surface area (Å²) in [6.45, 7) is 0. The molecule has 1 aromatic carbocycles. The van der Waals surface area contributed by atoms with Crippen LogP contribution in [-0.4, -0.2) is 11.0 Å². The zero-order chi connectivity index (χ0) is 8.27. The topological polar surface area (TPSA) is 63.3 Å². The number of benzene rings is 1. The summed E-state index contributed by atoms with van der Waals surface area (Å²) in [4.78, 5) is 10.5. The average molecular weight is 188 g/mol. The standard InChI is InChI=1S/C8H9NO2.ClH/c9-8(11)7(10)6-4-2-1-3-5-6;/h1-5,7,10H,(H2,9,11);1H. The van der Waals surface area contributed by atoms with Gasteiger partial charge in [0.15, 0.2) is 6.10 Å². The lowest BCUT2D eigenvalue weighted by atomic mass is 10.1. The molecule has 3 nitrogen and oxygen atoms in total. The van der Waals surface area contributed by atoms with Gasteiger partial charge in [0.1, 0.15) is 0 Å². The molecule has 0 fully saturated rings. The van der Waals surface area contributed by atoms with Gasteiger partial charge in [-0.2, -0.15) is 0 Å². The van der Waals surface area contributed by atoms with E-state index in [1.165, 1.54) is 0 Å². The van der Waals surface area contributed by atoms with Crippen molar-refractivity contribution in [1.29, 1.82) is 0 Å². The number of aliphatic hydroxyl groups excluding tert-OH is 1. The smallest absolute Gasteiger partial charge is 0.250 e. The van der Waals surface area contributed by atoms with Crippen molar-refractivity contribution in [2.75, 3.05) is 0 Å². The van der Waals surface area contributed by atoms with E-state index in [2.05, 4.69) is 0 Å². The van der Waals surface area contributed by atoms with Gasteiger partial charge in [-0.05, 0) is 5.56 Å². The predicted molar refractivity (Wildman–Crippen MR) is 47.8 cm³/mol. The van der Waals surface area contributed by atoms with Gasteiger partial charge in [0, 0.05) is 0 Å². The van der Waals surface area contributed by atoms with Gasteiger partial charge in [-0.1, -0.05) is 30.3 Å². The number of hydrogen-bond acceptors (Lipinski definition) is 2. The number of aliphatic hydroxyl groups is 1. The number of primary amides is 1. The molecule has 0 aliphatic rings. The zero-order valence-corrected chi connectivity index (χ0v) is 7.12. The number of amides is 1. The van der Waals surface area contributed by atoms with Gasteiger partial charge in [0.25, 0.3) is 5.91 Å². The Hall–Kier alpha value is -1.06. The predicted octanol–water partition coefficient (Wildman–Crippen LogP) is 0.627. The molecule has 0 aliphatic carbocycles. The Kier molecular flexibility index (Phi) is 4.33. The van der Waals surface area contributed by atoms with Gasteiger partial charge in [0.05, 0.1) is 0 Å². The third-order valence-electron chi connectivity index (χ3n) is 1.38. The Balaban J connectivity index is 0.00000121. The second kappa shape index (κ2) is 4.74. The molecular weight excluding hydrogens is 178 g/mol. The minimum absolute atomic E-state index is 0. The van der Waals surface area contributed by atoms with Crippen molar-refractivity contribution in [3.63, 3.8) is 0 Å². The summed E-state index contributed by atoms with van der Waals surface area (Å²) in [5, 5.41) is 9.12. The van der Waals surface area contributed by atoms with Gasteiger partial charge in [-0.25, -0.2) is 0 Å². The minimum Gasteiger partial charge on any atom is -0.378 e. The molecule has 0 saturated heterocycles. The highest BCUT2D eigenvalue weighted by Crippen LogP contribution is 2.10. The van der Waals surface area contributed by atoms with Crippen LogP contribution in [0.15, 0.2) is 30.3 Å². The maximum atomic E-state index is 10.5. The van der Waals surface area contributed by atoms with E-state index in [1.807, 2.05) is 0 Å². The van der Waals surface area contributed by atoms with Gasteiger partial charge in [0.2, 0.25) is 0 Å². The Morgan fingerprint density at radius 3 is 2.25 bits per heavy atom. The molecule has 1 unspecified atom stereocenters. The molecule has 1 rings (SSSR count). The van der Waals surface area contributed by atoms with Crippen LogP contribution in [-0.2, 0) is 4.79 Å². The SMILES string of the molecule is Cl.NC(=O)C(O)c1ccccc1. The van der Waals surface area contributed by atoms with Crippen molar-refractivity contribution in [3.05, 3.63) is 35.9 Å². The van der Waals surface area contributed by atoms with Crippen LogP contribution in [0.4, 0.5) is 0 Å². The lowest BCUT2D eigenvalue weighted by molar-refractivity contribution is -0.126. The summed E-state index contributed by atoms with van der Waals surface area (Å²) in [5.41, 5.74) is 5.41. The van der Waals surface area contributed by atoms with Gasteiger partial charge >= 0.3 is 0 Å². The monoisotopic (exact) mass is 187 g/mol. The first-order valence-electron chi connectivity index (χ1n) is 3.24. The third kappa shape index (κ3) is 2.53. The van der Waals surface area contributed by atoms with E-state index in [1.54, 1.807) is 30.3 Å². The minimum atomic E-state index is -1.18. The van der Waals surface area contributed by atoms with E-state index in [4.69, 9.17) is 10.8 Å². The number of rotatable bonds is 2. The largest absolute Gasteiger partial charge is 0.378 e. The number of carbonyl (C=O) groups excluding carboxylic acids is 1. The van der Waals surface area contributed by atoms with Crippen LogP contribution >= 0.6 is 12.4 Å². The number of carbonyl (C=O) groups is 1. The van der Waals surface area contributed by atoms with Crippen LogP contribution in [0.3, 0.4) is 0 Å². The Morgan fingerprint density at radius 1 is 1.33 bits per heavy atom. The summed E-state index contributed by atoms with van der Waals surface area (Å²) in [5.74, 6) is -0.726. The van der Waals surface area contributed by atoms with E-state index in [9.17, 15) is 4.79 Å². The molecule has 1 aromatic rings. The van der Waals surface area contributed by atoms with Crippen LogP contribution in [0, 0.1) is 0 Å². The highest BCUT2D eigenvalue weighted by molar-refractivity contribution is 5.85. The van der Waals surface area contributed by atoms with Gasteiger partial charge in [-0.15, -0.1) is 12.4 Å². The third-order valence-corrected chi connectivity index (χ3v) is 1.38. The molecule has 1 atom stereocenters. The summed E-state index contributed by atoms with van der Waals surface area (Å²) < 4.78 is 0. The molecule has 12 heavy (non-hydrogen) atoms. The van der Waals surface area contributed by atoms with Gasteiger partial charge in [-0.3, -0.25) is 4.79 Å². The number of halogens is 1. The maximum absolute atomic E-state index is 10.5. The molecule has 3 N–H and O–H groups in total. The quantitative estimate of drug-likeness (QED) is 0.713. The molecular formula is C8H10ClNO2. The maximum Gasteiger partial charge on any atom is 0.250 e. The first-order valence-corrected chi connectivity index (χ1v) is 3.24. The molecule has 0 saturated carbocycles. The van der Waals surface area contributed by atoms with Crippen molar-refractivity contribution in [2.45, 2.75) is 6.10 Å². The van der Waals surface area contributed by atoms with Crippen molar-refractivity contribution in [1.82, 2.24) is 0 Å². The molecule has 1 amide bonds. The second-order valence-electron chi connectivity index (χ2n) is 2.22. The van der Waals surface area contributed by atoms with Crippen molar-refractivity contribution in [2.24, 2.45) is 5.73 Å². The number of hydrogen-bond donors (Lipinski definition) is 2. The van der Waals surface area contributed by atoms with E-state index < -0.39 is 12.0 Å². The number of nitrogens with two attached hydrogens (primary N) is 1. The molecule has 0 bridgehead atoms. The van der Waals surface area contributed by atoms with Crippen LogP contribution in [0.2, 0.25) is 0 Å². The highest BCUT2D eigenvalue weighted by atomic mass is 35.5. The van der Waals surface area contributed by atoms with E-state index >= 15 is 0 Å². The zero-order valence-electron chi connectivity index (χ0n) is 6.31. The van der Waals surface area contributed by atoms with Crippen LogP contribution in [0.25, 0.3) is 0 Å². The summed E-state index contributed by atoms with van der Waals surface area (Å²) in [6, 6.07) is 8.57. The Labute approximate surface area is 76.6 Å². The fraction of sp³-hybridized carbons (Fsp3) is 0.125. The van der Waals surface area contributed by atoms with Crippen LogP contribution in [0.1, 0.15) is 11.7 Å². The van der Waals surface area contributed by atoms with Crippen LogP contribution < -0.4 is 5.73 Å². The Morgan fingerprint density at radius 2 is 1.83 bits per heavy atom. The molecule has 4 heteroatoms. The van der Waals surface area contributed by atoms with Crippen LogP contribution in [0.5, 0.6) is 0 Å². The summed E-state index contributed by atoms with van der Waals surface area (Å²) in [7, 11) is 0. The lowest BCUT2D eigenvalue weighted by Gasteiger charge is -2.04. The highest BCUT2D eigenvalue weighted by Gasteiger charge is 2.11. The molecule has 0 spiro atoms.